The van der Waals surface area contributed by atoms with Crippen LogP contribution in [0, 0.1) is 0 Å². The van der Waals surface area contributed by atoms with E-state index in [4.69, 9.17) is 10.5 Å². The van der Waals surface area contributed by atoms with E-state index in [0.717, 1.165) is 33.5 Å². The van der Waals surface area contributed by atoms with Crippen LogP contribution in [0.1, 0.15) is 17.5 Å². The van der Waals surface area contributed by atoms with Gasteiger partial charge in [-0.2, -0.15) is 0 Å². The molecule has 5 heteroatoms. The maximum Gasteiger partial charge on any atom is 0.160 e. The van der Waals surface area contributed by atoms with E-state index < -0.39 is 0 Å². The molecule has 2 aromatic carbocycles. The first-order valence-corrected chi connectivity index (χ1v) is 7.19. The number of benzene rings is 2. The minimum Gasteiger partial charge on any atom is -0.482 e. The maximum atomic E-state index is 6.00. The Hall–Kier alpha value is -2.01. The Kier molecular flexibility index (Phi) is 2.50. The molecule has 0 spiro atoms. The molecule has 0 saturated carbocycles. The van der Waals surface area contributed by atoms with E-state index in [1.165, 1.54) is 5.56 Å². The van der Waals surface area contributed by atoms with Crippen molar-refractivity contribution in [2.24, 2.45) is 0 Å². The Morgan fingerprint density at radius 1 is 1.30 bits per heavy atom. The maximum absolute atomic E-state index is 6.00. The van der Waals surface area contributed by atoms with Crippen molar-refractivity contribution in [2.75, 3.05) is 5.73 Å². The molecule has 2 heterocycles. The van der Waals surface area contributed by atoms with Gasteiger partial charge in [0.25, 0.3) is 0 Å². The number of nitrogens with two attached hydrogens (primary N) is 1. The third-order valence-electron chi connectivity index (χ3n) is 3.55. The Balaban J connectivity index is 1.76. The lowest BCUT2D eigenvalue weighted by Gasteiger charge is -2.06. The summed E-state index contributed by atoms with van der Waals surface area (Å²) >= 11 is 3.44. The first-order valence-electron chi connectivity index (χ1n) is 6.40. The first kappa shape index (κ1) is 11.8. The molecule has 1 aliphatic rings. The number of para-hydroxylation sites is 1. The molecular formula is C15H12BrN3O. The van der Waals surface area contributed by atoms with Gasteiger partial charge in [0.1, 0.15) is 17.1 Å². The molecule has 0 fully saturated rings. The van der Waals surface area contributed by atoms with E-state index in [-0.39, 0.29) is 6.10 Å². The van der Waals surface area contributed by atoms with Crippen LogP contribution in [0.5, 0.6) is 5.75 Å². The van der Waals surface area contributed by atoms with E-state index in [9.17, 15) is 0 Å². The van der Waals surface area contributed by atoms with Gasteiger partial charge in [0, 0.05) is 10.9 Å². The Labute approximate surface area is 124 Å². The summed E-state index contributed by atoms with van der Waals surface area (Å²) in [6, 6.07) is 11.9. The molecule has 1 unspecified atom stereocenters. The van der Waals surface area contributed by atoms with Crippen molar-refractivity contribution in [3.63, 3.8) is 0 Å². The van der Waals surface area contributed by atoms with Crippen LogP contribution in [0.3, 0.4) is 0 Å². The van der Waals surface area contributed by atoms with Gasteiger partial charge in [-0.1, -0.05) is 34.1 Å². The van der Waals surface area contributed by atoms with E-state index in [0.29, 0.717) is 5.69 Å². The zero-order valence-electron chi connectivity index (χ0n) is 10.6. The van der Waals surface area contributed by atoms with Gasteiger partial charge in [-0.05, 0) is 23.8 Å². The van der Waals surface area contributed by atoms with Crippen molar-refractivity contribution in [3.8, 4) is 5.75 Å². The standard InChI is InChI=1S/C15H12BrN3O/c16-9-6-10(17)14-11(7-9)18-15(19-14)13-5-8-3-1-2-4-12(8)20-13/h1-4,6-7,13H,5,17H2,(H,18,19). The number of hydrogen-bond acceptors (Lipinski definition) is 3. The van der Waals surface area contributed by atoms with Crippen LogP contribution in [-0.4, -0.2) is 9.97 Å². The van der Waals surface area contributed by atoms with Crippen molar-refractivity contribution >= 4 is 32.7 Å². The fraction of sp³-hybridized carbons (Fsp3) is 0.133. The van der Waals surface area contributed by atoms with Crippen LogP contribution in [0.2, 0.25) is 0 Å². The Morgan fingerprint density at radius 3 is 3.00 bits per heavy atom. The number of nitrogens with one attached hydrogen (secondary N) is 1. The van der Waals surface area contributed by atoms with Crippen molar-refractivity contribution in [3.05, 3.63) is 52.3 Å². The number of fused-ring (bicyclic) bond motifs is 2. The summed E-state index contributed by atoms with van der Waals surface area (Å²) in [5.41, 5.74) is 9.59. The first-order chi connectivity index (χ1) is 9.70. The molecule has 1 aliphatic heterocycles. The summed E-state index contributed by atoms with van der Waals surface area (Å²) in [5, 5.41) is 0. The number of H-pyrrole nitrogens is 1. The van der Waals surface area contributed by atoms with Crippen LogP contribution in [-0.2, 0) is 6.42 Å². The second kappa shape index (κ2) is 4.24. The van der Waals surface area contributed by atoms with Gasteiger partial charge >= 0.3 is 0 Å². The smallest absolute Gasteiger partial charge is 0.160 e. The van der Waals surface area contributed by atoms with Gasteiger partial charge in [-0.3, -0.25) is 0 Å². The highest BCUT2D eigenvalue weighted by Gasteiger charge is 2.26. The van der Waals surface area contributed by atoms with E-state index in [1.807, 2.05) is 30.3 Å². The molecule has 100 valence electrons. The Bertz CT molecular complexity index is 787. The molecule has 0 aliphatic carbocycles. The van der Waals surface area contributed by atoms with E-state index in [2.05, 4.69) is 32.0 Å². The van der Waals surface area contributed by atoms with E-state index in [1.54, 1.807) is 0 Å². The Morgan fingerprint density at radius 2 is 2.15 bits per heavy atom. The number of ether oxygens (including phenoxy) is 1. The van der Waals surface area contributed by atoms with Gasteiger partial charge in [0.05, 0.1) is 11.2 Å². The van der Waals surface area contributed by atoms with Crippen LogP contribution in [0.4, 0.5) is 5.69 Å². The van der Waals surface area contributed by atoms with Gasteiger partial charge in [-0.25, -0.2) is 4.98 Å². The number of halogens is 1. The summed E-state index contributed by atoms with van der Waals surface area (Å²) in [6.07, 6.45) is 0.759. The summed E-state index contributed by atoms with van der Waals surface area (Å²) in [4.78, 5) is 7.90. The van der Waals surface area contributed by atoms with Gasteiger partial charge in [0.15, 0.2) is 6.10 Å². The van der Waals surface area contributed by atoms with Crippen LogP contribution < -0.4 is 10.5 Å². The van der Waals surface area contributed by atoms with Gasteiger partial charge in [0.2, 0.25) is 0 Å². The molecule has 0 amide bonds. The zero-order chi connectivity index (χ0) is 13.7. The summed E-state index contributed by atoms with van der Waals surface area (Å²) in [5.74, 6) is 1.76. The molecule has 0 bridgehead atoms. The minimum absolute atomic E-state index is 0.0713. The molecule has 1 aromatic heterocycles. The largest absolute Gasteiger partial charge is 0.482 e. The monoisotopic (exact) mass is 329 g/mol. The summed E-state index contributed by atoms with van der Waals surface area (Å²) in [7, 11) is 0. The third-order valence-corrected chi connectivity index (χ3v) is 4.01. The van der Waals surface area contributed by atoms with E-state index >= 15 is 0 Å². The van der Waals surface area contributed by atoms with Crippen LogP contribution in [0.15, 0.2) is 40.9 Å². The fourth-order valence-electron chi connectivity index (χ4n) is 2.61. The molecule has 20 heavy (non-hydrogen) atoms. The average Bonchev–Trinajstić information content (AvgIpc) is 3.01. The van der Waals surface area contributed by atoms with Crippen molar-refractivity contribution in [1.29, 1.82) is 0 Å². The molecule has 4 rings (SSSR count). The van der Waals surface area contributed by atoms with Crippen molar-refractivity contribution in [2.45, 2.75) is 12.5 Å². The fourth-order valence-corrected chi connectivity index (χ4v) is 3.09. The molecule has 0 radical (unpaired) electrons. The zero-order valence-corrected chi connectivity index (χ0v) is 12.1. The second-order valence-electron chi connectivity index (χ2n) is 4.93. The lowest BCUT2D eigenvalue weighted by molar-refractivity contribution is 0.229. The molecule has 0 saturated heterocycles. The number of anilines is 1. The van der Waals surface area contributed by atoms with Crippen LogP contribution in [0.25, 0.3) is 11.0 Å². The number of hydrogen-bond donors (Lipinski definition) is 2. The number of aromatic amines is 1. The topological polar surface area (TPSA) is 63.9 Å². The summed E-state index contributed by atoms with van der Waals surface area (Å²) < 4.78 is 6.88. The SMILES string of the molecule is Nc1cc(Br)cc2[nH]c(C3Cc4ccccc4O3)nc12. The molecule has 1 atom stereocenters. The highest BCUT2D eigenvalue weighted by molar-refractivity contribution is 9.10. The van der Waals surface area contributed by atoms with Crippen molar-refractivity contribution < 1.29 is 4.74 Å². The quantitative estimate of drug-likeness (QED) is 0.670. The predicted octanol–water partition coefficient (Wildman–Crippen LogP) is 3.58. The minimum atomic E-state index is -0.0713. The average molecular weight is 330 g/mol. The lowest BCUT2D eigenvalue weighted by Crippen LogP contribution is -2.05. The highest BCUT2D eigenvalue weighted by Crippen LogP contribution is 2.36. The third kappa shape index (κ3) is 1.78. The van der Waals surface area contributed by atoms with Crippen LogP contribution >= 0.6 is 15.9 Å². The number of nitrogens with zero attached hydrogens (tertiary/aromatic N) is 1. The lowest BCUT2D eigenvalue weighted by atomic mass is 10.1. The molecular weight excluding hydrogens is 318 g/mol. The predicted molar refractivity (Wildman–Crippen MR) is 81.7 cm³/mol. The number of aromatic nitrogens is 2. The molecule has 4 nitrogen and oxygen atoms in total. The number of imidazole rings is 1. The van der Waals surface area contributed by atoms with Crippen molar-refractivity contribution in [1.82, 2.24) is 9.97 Å². The second-order valence-corrected chi connectivity index (χ2v) is 5.85. The molecule has 3 N–H and O–H groups in total. The molecule has 3 aromatic rings. The normalized spacial score (nSPS) is 17.1. The van der Waals surface area contributed by atoms with Gasteiger partial charge in [-0.15, -0.1) is 0 Å². The highest BCUT2D eigenvalue weighted by atomic mass is 79.9. The number of rotatable bonds is 1. The number of nitrogen functional groups attached to an aromatic ring is 1. The summed E-state index contributed by atoms with van der Waals surface area (Å²) in [6.45, 7) is 0. The van der Waals surface area contributed by atoms with Gasteiger partial charge < -0.3 is 15.5 Å².